The van der Waals surface area contributed by atoms with Crippen molar-refractivity contribution in [1.82, 2.24) is 0 Å². The molecule has 0 aliphatic rings. The number of hydrogen-bond donors (Lipinski definition) is 0. The molecule has 0 bridgehead atoms. The zero-order chi connectivity index (χ0) is 27.8. The highest BCUT2D eigenvalue weighted by molar-refractivity contribution is 6.11. The van der Waals surface area contributed by atoms with Crippen molar-refractivity contribution < 1.29 is 33.2 Å². The van der Waals surface area contributed by atoms with Crippen LogP contribution in [0.1, 0.15) is 82.6 Å². The second kappa shape index (κ2) is 17.2. The minimum absolute atomic E-state index is 0.260. The van der Waals surface area contributed by atoms with Gasteiger partial charge in [0.1, 0.15) is 17.1 Å². The van der Waals surface area contributed by atoms with Gasteiger partial charge in [0.15, 0.2) is 28.8 Å². The first-order valence-corrected chi connectivity index (χ1v) is 13.8. The Morgan fingerprint density at radius 2 is 1.18 bits per heavy atom. The number of ether oxygens (including phenoxy) is 6. The van der Waals surface area contributed by atoms with Gasteiger partial charge in [-0.3, -0.25) is 4.79 Å². The monoisotopic (exact) mass is 528 g/mol. The number of allylic oxidation sites excluding steroid dienone is 1. The zero-order valence-electron chi connectivity index (χ0n) is 23.9. The van der Waals surface area contributed by atoms with Crippen molar-refractivity contribution >= 4 is 11.9 Å². The van der Waals surface area contributed by atoms with E-state index in [4.69, 9.17) is 28.4 Å². The summed E-state index contributed by atoms with van der Waals surface area (Å²) in [5.74, 6) is 2.91. The predicted molar refractivity (Wildman–Crippen MR) is 152 cm³/mol. The number of benzene rings is 2. The Labute approximate surface area is 228 Å². The molecule has 0 amide bonds. The third-order valence-corrected chi connectivity index (χ3v) is 5.32. The first kappa shape index (κ1) is 30.9. The Morgan fingerprint density at radius 3 is 1.79 bits per heavy atom. The number of ketones is 1. The molecule has 0 atom stereocenters. The van der Waals surface area contributed by atoms with Crippen molar-refractivity contribution in [2.75, 3.05) is 40.1 Å². The highest BCUT2D eigenvalue weighted by atomic mass is 16.5. The molecule has 2 rings (SSSR count). The molecule has 210 valence electrons. The van der Waals surface area contributed by atoms with Gasteiger partial charge in [-0.25, -0.2) is 0 Å². The van der Waals surface area contributed by atoms with E-state index in [0.29, 0.717) is 78.7 Å². The maximum Gasteiger partial charge on any atom is 0.193 e. The van der Waals surface area contributed by atoms with E-state index >= 15 is 0 Å². The third-order valence-electron chi connectivity index (χ3n) is 5.32. The molecule has 0 unspecified atom stereocenters. The van der Waals surface area contributed by atoms with Crippen LogP contribution < -0.4 is 28.4 Å². The quantitative estimate of drug-likeness (QED) is 0.138. The summed E-state index contributed by atoms with van der Waals surface area (Å²) in [6.07, 6.45) is 7.38. The Hall–Kier alpha value is -3.35. The molecule has 0 fully saturated rings. The maximum atomic E-state index is 13.7. The second-order valence-electron chi connectivity index (χ2n) is 8.75. The van der Waals surface area contributed by atoms with Crippen LogP contribution in [0, 0.1) is 0 Å². The molecular formula is C31H44O7. The average Bonchev–Trinajstić information content (AvgIpc) is 2.94. The molecule has 0 spiro atoms. The van der Waals surface area contributed by atoms with Gasteiger partial charge < -0.3 is 28.4 Å². The van der Waals surface area contributed by atoms with Crippen LogP contribution >= 0.6 is 0 Å². The lowest BCUT2D eigenvalue weighted by atomic mass is 10.0. The Morgan fingerprint density at radius 1 is 0.658 bits per heavy atom. The fourth-order valence-corrected chi connectivity index (χ4v) is 3.57. The minimum atomic E-state index is -0.260. The lowest BCUT2D eigenvalue weighted by Gasteiger charge is -2.18. The second-order valence-corrected chi connectivity index (χ2v) is 8.75. The Kier molecular flexibility index (Phi) is 14.0. The van der Waals surface area contributed by atoms with E-state index < -0.39 is 0 Å². The van der Waals surface area contributed by atoms with E-state index in [9.17, 15) is 4.79 Å². The number of methoxy groups -OCH3 is 1. The number of carbonyl (C=O) groups excluding carboxylic acids is 1. The predicted octanol–water partition coefficient (Wildman–Crippen LogP) is 7.54. The summed E-state index contributed by atoms with van der Waals surface area (Å²) in [4.78, 5) is 13.7. The van der Waals surface area contributed by atoms with Crippen molar-refractivity contribution in [3.63, 3.8) is 0 Å². The van der Waals surface area contributed by atoms with E-state index in [1.165, 1.54) is 6.08 Å². The van der Waals surface area contributed by atoms with Crippen LogP contribution in [0.15, 0.2) is 30.3 Å². The molecule has 38 heavy (non-hydrogen) atoms. The summed E-state index contributed by atoms with van der Waals surface area (Å²) >= 11 is 0. The van der Waals surface area contributed by atoms with Crippen LogP contribution in [0.25, 0.3) is 6.08 Å². The van der Waals surface area contributed by atoms with Crippen molar-refractivity contribution in [1.29, 1.82) is 0 Å². The Balaban J connectivity index is 2.59. The maximum absolute atomic E-state index is 13.7. The molecule has 0 heterocycles. The van der Waals surface area contributed by atoms with Gasteiger partial charge in [0.05, 0.1) is 40.1 Å². The minimum Gasteiger partial charge on any atom is -0.493 e. The van der Waals surface area contributed by atoms with E-state index in [0.717, 1.165) is 32.1 Å². The fraction of sp³-hybridized carbons (Fsp3) is 0.516. The lowest BCUT2D eigenvalue weighted by molar-refractivity contribution is 0.103. The van der Waals surface area contributed by atoms with Crippen LogP contribution in [0.2, 0.25) is 0 Å². The normalized spacial score (nSPS) is 10.9. The zero-order valence-corrected chi connectivity index (χ0v) is 23.9. The largest absolute Gasteiger partial charge is 0.493 e. The standard InChI is InChI=1S/C31H44O7/c1-7-16-34-24-21-23(30(37-19-10-4)28(22-24)33-6)12-13-25(32)29-26(35-17-8-2)14-15-27(36-18-9-3)31(29)38-20-11-5/h12-15,21-22H,7-11,16-20H2,1-6H3/b13-12+. The molecule has 2 aromatic rings. The average molecular weight is 529 g/mol. The lowest BCUT2D eigenvalue weighted by Crippen LogP contribution is -2.10. The highest BCUT2D eigenvalue weighted by Gasteiger charge is 2.23. The van der Waals surface area contributed by atoms with Crippen LogP contribution in [-0.2, 0) is 0 Å². The van der Waals surface area contributed by atoms with E-state index in [-0.39, 0.29) is 5.78 Å². The molecule has 0 saturated heterocycles. The molecule has 0 aliphatic carbocycles. The van der Waals surface area contributed by atoms with Crippen molar-refractivity contribution in [3.05, 3.63) is 41.5 Å². The van der Waals surface area contributed by atoms with Gasteiger partial charge in [-0.1, -0.05) is 34.6 Å². The molecule has 7 nitrogen and oxygen atoms in total. The van der Waals surface area contributed by atoms with Gasteiger partial charge in [0.2, 0.25) is 0 Å². The molecule has 7 heteroatoms. The van der Waals surface area contributed by atoms with Gasteiger partial charge in [-0.05, 0) is 62.5 Å². The van der Waals surface area contributed by atoms with Crippen molar-refractivity contribution in [2.24, 2.45) is 0 Å². The Bertz CT molecular complexity index is 1030. The van der Waals surface area contributed by atoms with Crippen LogP contribution in [0.5, 0.6) is 34.5 Å². The van der Waals surface area contributed by atoms with E-state index in [2.05, 4.69) is 0 Å². The van der Waals surface area contributed by atoms with Gasteiger partial charge in [-0.15, -0.1) is 0 Å². The van der Waals surface area contributed by atoms with Crippen LogP contribution in [0.4, 0.5) is 0 Å². The molecule has 0 aliphatic heterocycles. The van der Waals surface area contributed by atoms with Crippen molar-refractivity contribution in [2.45, 2.75) is 66.7 Å². The first-order valence-electron chi connectivity index (χ1n) is 13.8. The third kappa shape index (κ3) is 8.89. The summed E-state index contributed by atoms with van der Waals surface area (Å²) in [7, 11) is 1.59. The molecule has 0 N–H and O–H groups in total. The van der Waals surface area contributed by atoms with Gasteiger partial charge >= 0.3 is 0 Å². The van der Waals surface area contributed by atoms with Crippen LogP contribution in [0.3, 0.4) is 0 Å². The summed E-state index contributed by atoms with van der Waals surface area (Å²) in [6, 6.07) is 7.25. The van der Waals surface area contributed by atoms with Crippen LogP contribution in [-0.4, -0.2) is 45.9 Å². The molecular weight excluding hydrogens is 484 g/mol. The summed E-state index contributed by atoms with van der Waals surface area (Å²) in [5, 5.41) is 0. The van der Waals surface area contributed by atoms with Gasteiger partial charge in [-0.2, -0.15) is 0 Å². The number of carbonyl (C=O) groups is 1. The van der Waals surface area contributed by atoms with E-state index in [1.807, 2.05) is 52.8 Å². The summed E-state index contributed by atoms with van der Waals surface area (Å²) in [6.45, 7) is 12.7. The molecule has 0 saturated carbocycles. The van der Waals surface area contributed by atoms with E-state index in [1.54, 1.807) is 19.3 Å². The number of hydrogen-bond acceptors (Lipinski definition) is 7. The molecule has 0 aromatic heterocycles. The molecule has 0 radical (unpaired) electrons. The van der Waals surface area contributed by atoms with Gasteiger partial charge in [0, 0.05) is 11.6 Å². The number of rotatable bonds is 19. The van der Waals surface area contributed by atoms with Crippen molar-refractivity contribution in [3.8, 4) is 34.5 Å². The fourth-order valence-electron chi connectivity index (χ4n) is 3.57. The highest BCUT2D eigenvalue weighted by Crippen LogP contribution is 2.40. The molecule has 2 aromatic carbocycles. The summed E-state index contributed by atoms with van der Waals surface area (Å²) in [5.41, 5.74) is 1.03. The first-order chi connectivity index (χ1) is 18.5. The van der Waals surface area contributed by atoms with Gasteiger partial charge in [0.25, 0.3) is 0 Å². The SMILES string of the molecule is CCCOc1cc(/C=C/C(=O)c2c(OCCC)ccc(OCCC)c2OCCC)c(OCCC)c(OC)c1. The smallest absolute Gasteiger partial charge is 0.193 e. The topological polar surface area (TPSA) is 72.5 Å². The summed E-state index contributed by atoms with van der Waals surface area (Å²) < 4.78 is 35.4.